The van der Waals surface area contributed by atoms with Crippen LogP contribution in [0.5, 0.6) is 5.75 Å². The van der Waals surface area contributed by atoms with Crippen LogP contribution in [0, 0.1) is 5.92 Å². The van der Waals surface area contributed by atoms with Gasteiger partial charge in [0.1, 0.15) is 5.75 Å². The van der Waals surface area contributed by atoms with Gasteiger partial charge in [0.05, 0.1) is 10.6 Å². The molecule has 7 heteroatoms. The van der Waals surface area contributed by atoms with E-state index in [1.165, 1.54) is 12.1 Å². The molecule has 1 aromatic rings. The van der Waals surface area contributed by atoms with E-state index in [1.54, 1.807) is 19.9 Å². The van der Waals surface area contributed by atoms with Crippen LogP contribution in [0.15, 0.2) is 23.1 Å². The van der Waals surface area contributed by atoms with Crippen LogP contribution in [0.1, 0.15) is 26.7 Å². The first-order valence-corrected chi connectivity index (χ1v) is 8.40. The fourth-order valence-electron chi connectivity index (χ4n) is 2.08. The number of benzene rings is 1. The molecular weight excluding hydrogens is 292 g/mol. The summed E-state index contributed by atoms with van der Waals surface area (Å²) in [7, 11) is -3.54. The van der Waals surface area contributed by atoms with Crippen LogP contribution in [0.3, 0.4) is 0 Å². The molecule has 0 aromatic heterocycles. The Morgan fingerprint density at radius 2 is 2.10 bits per heavy atom. The number of ether oxygens (including phenoxy) is 1. The third kappa shape index (κ3) is 2.89. The zero-order chi connectivity index (χ0) is 15.3. The summed E-state index contributed by atoms with van der Waals surface area (Å²) in [6, 6.07) is 4.47. The molecule has 1 saturated carbocycles. The van der Waals surface area contributed by atoms with Crippen molar-refractivity contribution in [2.24, 2.45) is 5.92 Å². The second-order valence-corrected chi connectivity index (χ2v) is 7.79. The van der Waals surface area contributed by atoms with Crippen molar-refractivity contribution in [2.75, 3.05) is 11.9 Å². The van der Waals surface area contributed by atoms with Gasteiger partial charge < -0.3 is 10.1 Å². The fraction of sp³-hybridized carbons (Fsp3) is 0.500. The molecule has 1 amide bonds. The highest BCUT2D eigenvalue weighted by molar-refractivity contribution is 7.89. The molecule has 0 radical (unpaired) electrons. The molecular formula is C14H18N2O4S. The maximum Gasteiger partial charge on any atom is 0.268 e. The van der Waals surface area contributed by atoms with Gasteiger partial charge in [-0.3, -0.25) is 4.79 Å². The van der Waals surface area contributed by atoms with Gasteiger partial charge in [0.15, 0.2) is 5.60 Å². The number of nitrogens with one attached hydrogen (secondary N) is 2. The minimum Gasteiger partial charge on any atom is -0.476 e. The number of rotatable bonds is 4. The molecule has 6 nitrogen and oxygen atoms in total. The Balaban J connectivity index is 1.87. The Hall–Kier alpha value is -1.60. The molecule has 0 saturated heterocycles. The van der Waals surface area contributed by atoms with Crippen LogP contribution >= 0.6 is 0 Å². The zero-order valence-electron chi connectivity index (χ0n) is 12.0. The van der Waals surface area contributed by atoms with Gasteiger partial charge in [0.25, 0.3) is 5.91 Å². The Morgan fingerprint density at radius 1 is 1.38 bits per heavy atom. The second kappa shape index (κ2) is 4.71. The molecule has 1 aliphatic carbocycles. The van der Waals surface area contributed by atoms with Crippen molar-refractivity contribution >= 4 is 21.6 Å². The molecule has 2 aliphatic rings. The van der Waals surface area contributed by atoms with E-state index in [-0.39, 0.29) is 10.8 Å². The lowest BCUT2D eigenvalue weighted by Crippen LogP contribution is -2.45. The van der Waals surface area contributed by atoms with Gasteiger partial charge in [-0.05, 0) is 44.7 Å². The van der Waals surface area contributed by atoms with E-state index in [0.29, 0.717) is 23.9 Å². The highest BCUT2D eigenvalue weighted by atomic mass is 32.2. The average molecular weight is 310 g/mol. The van der Waals surface area contributed by atoms with E-state index in [9.17, 15) is 13.2 Å². The first-order chi connectivity index (χ1) is 9.78. The Labute approximate surface area is 123 Å². The fourth-order valence-corrected chi connectivity index (χ4v) is 3.22. The summed E-state index contributed by atoms with van der Waals surface area (Å²) in [5, 5.41) is 2.71. The standard InChI is InChI=1S/C14H18N2O4S/c1-14(2)13(17)16-11-6-5-10(7-12(11)20-14)21(18,19)15-8-9-3-4-9/h5-7,9,15H,3-4,8H2,1-2H3,(H,16,17). The third-order valence-electron chi connectivity index (χ3n) is 3.68. The molecule has 3 rings (SSSR count). The summed E-state index contributed by atoms with van der Waals surface area (Å²) in [5.74, 6) is 0.582. The van der Waals surface area contributed by atoms with Crippen molar-refractivity contribution in [3.8, 4) is 5.75 Å². The molecule has 114 valence electrons. The quantitative estimate of drug-likeness (QED) is 0.882. The number of fused-ring (bicyclic) bond motifs is 1. The first kappa shape index (κ1) is 14.3. The van der Waals surface area contributed by atoms with E-state index in [4.69, 9.17) is 4.74 Å². The topological polar surface area (TPSA) is 84.5 Å². The molecule has 1 aromatic carbocycles. The number of hydrogen-bond acceptors (Lipinski definition) is 4. The van der Waals surface area contributed by atoms with Gasteiger partial charge in [-0.25, -0.2) is 13.1 Å². The van der Waals surface area contributed by atoms with Crippen LogP contribution < -0.4 is 14.8 Å². The van der Waals surface area contributed by atoms with Crippen molar-refractivity contribution in [3.05, 3.63) is 18.2 Å². The number of amides is 1. The van der Waals surface area contributed by atoms with E-state index >= 15 is 0 Å². The average Bonchev–Trinajstić information content (AvgIpc) is 3.21. The molecule has 0 bridgehead atoms. The lowest BCUT2D eigenvalue weighted by molar-refractivity contribution is -0.129. The normalized spacial score (nSPS) is 20.4. The van der Waals surface area contributed by atoms with Gasteiger partial charge in [-0.2, -0.15) is 0 Å². The lowest BCUT2D eigenvalue weighted by Gasteiger charge is -2.31. The highest BCUT2D eigenvalue weighted by Crippen LogP contribution is 2.35. The molecule has 0 atom stereocenters. The van der Waals surface area contributed by atoms with E-state index < -0.39 is 15.6 Å². The summed E-state index contributed by atoms with van der Waals surface area (Å²) in [6.45, 7) is 3.75. The van der Waals surface area contributed by atoms with E-state index in [2.05, 4.69) is 10.0 Å². The van der Waals surface area contributed by atoms with Gasteiger partial charge in [0.2, 0.25) is 10.0 Å². The SMILES string of the molecule is CC1(C)Oc2cc(S(=O)(=O)NCC3CC3)ccc2NC1=O. The number of carbonyl (C=O) groups is 1. The minimum absolute atomic E-state index is 0.147. The third-order valence-corrected chi connectivity index (χ3v) is 5.10. The smallest absolute Gasteiger partial charge is 0.268 e. The van der Waals surface area contributed by atoms with Crippen LogP contribution in [-0.4, -0.2) is 26.5 Å². The summed E-state index contributed by atoms with van der Waals surface area (Å²) in [5.41, 5.74) is -0.530. The Bertz CT molecular complexity index is 693. The van der Waals surface area contributed by atoms with Gasteiger partial charge in [0, 0.05) is 12.6 Å². The molecule has 1 fully saturated rings. The van der Waals surface area contributed by atoms with E-state index in [1.807, 2.05) is 0 Å². The largest absolute Gasteiger partial charge is 0.476 e. The summed E-state index contributed by atoms with van der Waals surface area (Å²) < 4.78 is 32.6. The van der Waals surface area contributed by atoms with E-state index in [0.717, 1.165) is 12.8 Å². The molecule has 0 unspecified atom stereocenters. The Morgan fingerprint density at radius 3 is 2.76 bits per heavy atom. The van der Waals surface area contributed by atoms with Crippen LogP contribution in [-0.2, 0) is 14.8 Å². The van der Waals surface area contributed by atoms with Crippen molar-refractivity contribution < 1.29 is 17.9 Å². The lowest BCUT2D eigenvalue weighted by atomic mass is 10.1. The number of anilines is 1. The highest BCUT2D eigenvalue weighted by Gasteiger charge is 2.36. The zero-order valence-corrected chi connectivity index (χ0v) is 12.8. The van der Waals surface area contributed by atoms with Crippen molar-refractivity contribution in [2.45, 2.75) is 37.2 Å². The first-order valence-electron chi connectivity index (χ1n) is 6.92. The summed E-state index contributed by atoms with van der Waals surface area (Å²) in [6.07, 6.45) is 2.16. The summed E-state index contributed by atoms with van der Waals surface area (Å²) in [4.78, 5) is 11.9. The Kier molecular flexibility index (Phi) is 3.22. The molecule has 1 aliphatic heterocycles. The van der Waals surface area contributed by atoms with Gasteiger partial charge in [-0.1, -0.05) is 0 Å². The maximum absolute atomic E-state index is 12.2. The molecule has 1 heterocycles. The number of hydrogen-bond donors (Lipinski definition) is 2. The maximum atomic E-state index is 12.2. The predicted octanol–water partition coefficient (Wildman–Crippen LogP) is 1.48. The number of carbonyl (C=O) groups excluding carboxylic acids is 1. The monoisotopic (exact) mass is 310 g/mol. The van der Waals surface area contributed by atoms with Gasteiger partial charge >= 0.3 is 0 Å². The summed E-state index contributed by atoms with van der Waals surface area (Å²) >= 11 is 0. The van der Waals surface area contributed by atoms with Crippen LogP contribution in [0.4, 0.5) is 5.69 Å². The van der Waals surface area contributed by atoms with Gasteiger partial charge in [-0.15, -0.1) is 0 Å². The molecule has 21 heavy (non-hydrogen) atoms. The van der Waals surface area contributed by atoms with Crippen molar-refractivity contribution in [3.63, 3.8) is 0 Å². The van der Waals surface area contributed by atoms with Crippen molar-refractivity contribution in [1.82, 2.24) is 4.72 Å². The minimum atomic E-state index is -3.54. The number of sulfonamides is 1. The molecule has 0 spiro atoms. The van der Waals surface area contributed by atoms with Crippen molar-refractivity contribution in [1.29, 1.82) is 0 Å². The second-order valence-electron chi connectivity index (χ2n) is 6.02. The molecule has 2 N–H and O–H groups in total. The van der Waals surface area contributed by atoms with Crippen LogP contribution in [0.25, 0.3) is 0 Å². The predicted molar refractivity (Wildman–Crippen MR) is 77.7 cm³/mol. The van der Waals surface area contributed by atoms with Crippen LogP contribution in [0.2, 0.25) is 0 Å².